The summed E-state index contributed by atoms with van der Waals surface area (Å²) in [6.45, 7) is 1.94. The van der Waals surface area contributed by atoms with Crippen molar-refractivity contribution in [1.29, 1.82) is 0 Å². The predicted molar refractivity (Wildman–Crippen MR) is 103 cm³/mol. The molecule has 2 aromatic carbocycles. The summed E-state index contributed by atoms with van der Waals surface area (Å²) in [7, 11) is 0. The zero-order valence-electron chi connectivity index (χ0n) is 13.4. The number of benzene rings is 2. The van der Waals surface area contributed by atoms with Crippen LogP contribution in [0.25, 0.3) is 16.2 Å². The van der Waals surface area contributed by atoms with Gasteiger partial charge in [0.25, 0.3) is 11.8 Å². The lowest BCUT2D eigenvalue weighted by Crippen LogP contribution is -2.40. The Morgan fingerprint density at radius 3 is 2.48 bits per heavy atom. The fraction of sp³-hybridized carbons (Fsp3) is 0.0526. The number of hydrogen-bond acceptors (Lipinski definition) is 3. The number of hydrogen-bond donors (Lipinski definition) is 2. The SMILES string of the molecule is Cc1ccc(C(=O)NNC(=O)/C=C/c2sc3ccccc3c2Cl)cc1. The minimum atomic E-state index is -0.436. The molecule has 0 aliphatic rings. The average Bonchev–Trinajstić information content (AvgIpc) is 2.95. The first-order chi connectivity index (χ1) is 12.0. The molecule has 25 heavy (non-hydrogen) atoms. The number of thiophene rings is 1. The van der Waals surface area contributed by atoms with Gasteiger partial charge in [-0.2, -0.15) is 0 Å². The number of carbonyl (C=O) groups excluding carboxylic acids is 2. The van der Waals surface area contributed by atoms with Gasteiger partial charge in [-0.3, -0.25) is 20.4 Å². The highest BCUT2D eigenvalue weighted by Crippen LogP contribution is 2.35. The van der Waals surface area contributed by atoms with E-state index in [0.717, 1.165) is 20.5 Å². The summed E-state index contributed by atoms with van der Waals surface area (Å²) in [5.41, 5.74) is 6.27. The molecule has 6 heteroatoms. The number of nitrogens with one attached hydrogen (secondary N) is 2. The molecule has 0 aliphatic carbocycles. The molecule has 0 spiro atoms. The third kappa shape index (κ3) is 4.07. The molecule has 0 radical (unpaired) electrons. The lowest BCUT2D eigenvalue weighted by molar-refractivity contribution is -0.117. The molecule has 0 saturated carbocycles. The Hall–Kier alpha value is -2.63. The number of rotatable bonds is 3. The van der Waals surface area contributed by atoms with Gasteiger partial charge < -0.3 is 0 Å². The van der Waals surface area contributed by atoms with E-state index in [1.54, 1.807) is 18.2 Å². The molecule has 0 unspecified atom stereocenters. The Morgan fingerprint density at radius 2 is 1.76 bits per heavy atom. The summed E-state index contributed by atoms with van der Waals surface area (Å²) in [6, 6.07) is 14.8. The number of fused-ring (bicyclic) bond motifs is 1. The largest absolute Gasteiger partial charge is 0.269 e. The van der Waals surface area contributed by atoms with Crippen LogP contribution < -0.4 is 10.9 Å². The minimum Gasteiger partial charge on any atom is -0.268 e. The quantitative estimate of drug-likeness (QED) is 0.532. The van der Waals surface area contributed by atoms with Gasteiger partial charge in [0.1, 0.15) is 0 Å². The van der Waals surface area contributed by atoms with Crippen LogP contribution in [0, 0.1) is 6.92 Å². The molecule has 0 fully saturated rings. The maximum absolute atomic E-state index is 11.9. The van der Waals surface area contributed by atoms with Crippen LogP contribution in [0.3, 0.4) is 0 Å². The van der Waals surface area contributed by atoms with Crippen molar-refractivity contribution in [3.63, 3.8) is 0 Å². The molecular weight excluding hydrogens is 356 g/mol. The van der Waals surface area contributed by atoms with Crippen LogP contribution in [0.15, 0.2) is 54.6 Å². The highest BCUT2D eigenvalue weighted by molar-refractivity contribution is 7.20. The first-order valence-corrected chi connectivity index (χ1v) is 8.76. The Balaban J connectivity index is 1.61. The number of hydrazine groups is 1. The molecule has 0 atom stereocenters. The van der Waals surface area contributed by atoms with E-state index in [9.17, 15) is 9.59 Å². The predicted octanol–water partition coefficient (Wildman–Crippen LogP) is 4.34. The zero-order chi connectivity index (χ0) is 17.8. The normalized spacial score (nSPS) is 11.0. The molecule has 2 amide bonds. The maximum Gasteiger partial charge on any atom is 0.269 e. The van der Waals surface area contributed by atoms with Gasteiger partial charge in [-0.1, -0.05) is 47.5 Å². The Kier molecular flexibility index (Phi) is 5.16. The van der Waals surface area contributed by atoms with Gasteiger partial charge in [-0.15, -0.1) is 11.3 Å². The summed E-state index contributed by atoms with van der Waals surface area (Å²) in [4.78, 5) is 24.6. The standard InChI is InChI=1S/C19H15ClN2O2S/c1-12-6-8-13(9-7-12)19(24)22-21-17(23)11-10-16-18(20)14-4-2-3-5-15(14)25-16/h2-11H,1H3,(H,21,23)(H,22,24)/b11-10+. The minimum absolute atomic E-state index is 0.373. The molecule has 126 valence electrons. The van der Waals surface area contributed by atoms with Crippen LogP contribution in [0.1, 0.15) is 20.8 Å². The Morgan fingerprint density at radius 1 is 1.04 bits per heavy atom. The van der Waals surface area contributed by atoms with Crippen molar-refractivity contribution in [3.05, 3.63) is 75.6 Å². The lowest BCUT2D eigenvalue weighted by atomic mass is 10.1. The van der Waals surface area contributed by atoms with Crippen molar-refractivity contribution < 1.29 is 9.59 Å². The summed E-state index contributed by atoms with van der Waals surface area (Å²) in [5, 5.41) is 1.58. The van der Waals surface area contributed by atoms with Crippen LogP contribution in [-0.2, 0) is 4.79 Å². The van der Waals surface area contributed by atoms with Crippen LogP contribution in [0.5, 0.6) is 0 Å². The third-order valence-electron chi connectivity index (χ3n) is 3.56. The van der Waals surface area contributed by atoms with Gasteiger partial charge in [-0.25, -0.2) is 0 Å². The fourth-order valence-electron chi connectivity index (χ4n) is 2.23. The van der Waals surface area contributed by atoms with Gasteiger partial charge >= 0.3 is 0 Å². The topological polar surface area (TPSA) is 58.2 Å². The van der Waals surface area contributed by atoms with Crippen molar-refractivity contribution in [3.8, 4) is 0 Å². The number of aryl methyl sites for hydroxylation is 1. The van der Waals surface area contributed by atoms with Crippen LogP contribution >= 0.6 is 22.9 Å². The molecule has 1 aromatic heterocycles. The summed E-state index contributed by atoms with van der Waals surface area (Å²) < 4.78 is 1.06. The highest BCUT2D eigenvalue weighted by Gasteiger charge is 2.08. The first kappa shape index (κ1) is 17.2. The van der Waals surface area contributed by atoms with Gasteiger partial charge in [-0.05, 0) is 31.2 Å². The summed E-state index contributed by atoms with van der Waals surface area (Å²) in [6.07, 6.45) is 2.98. The second-order valence-electron chi connectivity index (χ2n) is 5.42. The van der Waals surface area contributed by atoms with E-state index in [1.165, 1.54) is 17.4 Å². The average molecular weight is 371 g/mol. The third-order valence-corrected chi connectivity index (χ3v) is 5.21. The molecule has 4 nitrogen and oxygen atoms in total. The van der Waals surface area contributed by atoms with Gasteiger partial charge in [0, 0.05) is 26.6 Å². The van der Waals surface area contributed by atoms with E-state index in [1.807, 2.05) is 43.3 Å². The van der Waals surface area contributed by atoms with Crippen molar-refractivity contribution in [1.82, 2.24) is 10.9 Å². The Bertz CT molecular complexity index is 961. The molecular formula is C19H15ClN2O2S. The van der Waals surface area contributed by atoms with Crippen molar-refractivity contribution in [2.75, 3.05) is 0 Å². The molecule has 2 N–H and O–H groups in total. The lowest BCUT2D eigenvalue weighted by Gasteiger charge is -2.05. The van der Waals surface area contributed by atoms with Crippen LogP contribution in [0.4, 0.5) is 0 Å². The smallest absolute Gasteiger partial charge is 0.268 e. The van der Waals surface area contributed by atoms with E-state index in [-0.39, 0.29) is 5.91 Å². The maximum atomic E-state index is 11.9. The molecule has 0 aliphatic heterocycles. The number of halogens is 1. The van der Waals surface area contributed by atoms with E-state index in [4.69, 9.17) is 11.6 Å². The van der Waals surface area contributed by atoms with E-state index in [2.05, 4.69) is 10.9 Å². The second kappa shape index (κ2) is 7.51. The summed E-state index contributed by atoms with van der Waals surface area (Å²) in [5.74, 6) is -0.810. The Labute approximate surface area is 154 Å². The van der Waals surface area contributed by atoms with Gasteiger partial charge in [0.2, 0.25) is 0 Å². The van der Waals surface area contributed by atoms with Crippen LogP contribution in [0.2, 0.25) is 5.02 Å². The molecule has 1 heterocycles. The summed E-state index contributed by atoms with van der Waals surface area (Å²) >= 11 is 7.82. The van der Waals surface area contributed by atoms with Gasteiger partial charge in [0.05, 0.1) is 5.02 Å². The molecule has 3 aromatic rings. The van der Waals surface area contributed by atoms with E-state index in [0.29, 0.717) is 10.6 Å². The molecule has 0 bridgehead atoms. The van der Waals surface area contributed by atoms with Crippen molar-refractivity contribution in [2.24, 2.45) is 0 Å². The second-order valence-corrected chi connectivity index (χ2v) is 6.88. The van der Waals surface area contributed by atoms with Crippen LogP contribution in [-0.4, -0.2) is 11.8 Å². The monoisotopic (exact) mass is 370 g/mol. The van der Waals surface area contributed by atoms with Gasteiger partial charge in [0.15, 0.2) is 0 Å². The van der Waals surface area contributed by atoms with Crippen molar-refractivity contribution >= 4 is 50.9 Å². The molecule has 3 rings (SSSR count). The zero-order valence-corrected chi connectivity index (χ0v) is 14.9. The number of amides is 2. The highest BCUT2D eigenvalue weighted by atomic mass is 35.5. The van der Waals surface area contributed by atoms with E-state index >= 15 is 0 Å². The van der Waals surface area contributed by atoms with E-state index < -0.39 is 5.91 Å². The first-order valence-electron chi connectivity index (χ1n) is 7.56. The molecule has 0 saturated heterocycles. The number of carbonyl (C=O) groups is 2. The van der Waals surface area contributed by atoms with Crippen molar-refractivity contribution in [2.45, 2.75) is 6.92 Å². The fourth-order valence-corrected chi connectivity index (χ4v) is 3.63.